The number of imide groups is 2. The average molecular weight is 1980 g/mol. The van der Waals surface area contributed by atoms with Gasteiger partial charge in [0.2, 0.25) is 0 Å². The monoisotopic (exact) mass is 1980 g/mol. The Morgan fingerprint density at radius 1 is 0.243 bits per heavy atom. The van der Waals surface area contributed by atoms with Crippen LogP contribution in [0.2, 0.25) is 0 Å². The van der Waals surface area contributed by atoms with Crippen LogP contribution in [-0.4, -0.2) is 23.6 Å². The minimum absolute atomic E-state index is 0.00646. The summed E-state index contributed by atoms with van der Waals surface area (Å²) in [7, 11) is 0. The summed E-state index contributed by atoms with van der Waals surface area (Å²) < 4.78 is 33.6. The van der Waals surface area contributed by atoms with Gasteiger partial charge in [-0.05, 0) is 280 Å². The van der Waals surface area contributed by atoms with Gasteiger partial charge in [-0.15, -0.1) is 12.3 Å². The number of para-hydroxylation sites is 2. The van der Waals surface area contributed by atoms with Crippen LogP contribution in [0.15, 0.2) is 133 Å². The molecule has 10 heteroatoms. The molecule has 16 rings (SSSR count). The van der Waals surface area contributed by atoms with Crippen LogP contribution >= 0.6 is 0 Å². The number of amides is 4. The van der Waals surface area contributed by atoms with Crippen LogP contribution in [-0.2, 0) is 28.1 Å². The van der Waals surface area contributed by atoms with Crippen LogP contribution in [0.5, 0.6) is 46.0 Å². The topological polar surface area (TPSA) is 112 Å². The van der Waals surface area contributed by atoms with Gasteiger partial charge in [-0.2, -0.15) is 0 Å². The summed E-state index contributed by atoms with van der Waals surface area (Å²) in [6.45, 7) is 95.7. The molecule has 2 heterocycles. The predicted molar refractivity (Wildman–Crippen MR) is 628 cm³/mol. The molecule has 0 aliphatic carbocycles. The number of carbonyl (C=O) groups excluding carboxylic acids is 4. The molecule has 14 aromatic rings. The molecular weight excluding hydrogens is 1810 g/mol. The minimum atomic E-state index is -0.503. The van der Waals surface area contributed by atoms with Gasteiger partial charge < -0.3 is 18.9 Å². The fourth-order valence-corrected chi connectivity index (χ4v) is 26.3. The third-order valence-corrected chi connectivity index (χ3v) is 31.9. The number of ether oxygens (including phenoxy) is 4. The van der Waals surface area contributed by atoms with E-state index in [4.69, 9.17) is 25.4 Å². The van der Waals surface area contributed by atoms with Gasteiger partial charge in [0.1, 0.15) is 46.0 Å². The Bertz CT molecular complexity index is 7180. The Hall–Kier alpha value is -11.5. The number of carbonyl (C=O) groups is 4. The maximum atomic E-state index is 17.5. The molecule has 0 atom stereocenters. The number of anilines is 2. The summed E-state index contributed by atoms with van der Waals surface area (Å²) >= 11 is 0. The smallest absolute Gasteiger partial charge is 0.266 e. The molecule has 0 fully saturated rings. The number of rotatable bonds is 30. The molecule has 0 N–H and O–H groups in total. The molecule has 2 aliphatic heterocycles. The third-order valence-electron chi connectivity index (χ3n) is 31.9. The van der Waals surface area contributed by atoms with E-state index in [1.165, 1.54) is 32.1 Å². The zero-order valence-corrected chi connectivity index (χ0v) is 97.8. The van der Waals surface area contributed by atoms with E-state index in [0.717, 1.165) is 119 Å². The SMILES string of the molecule is C#CCc1cccc(C(C)C)c1N1C(=O)c2cc(Oc3c(C(C)C)cc(C(C)(C)CC(C)(C)C)cc3C(C)C)c3c4ccc5c6c(Oc7c(C(C)C)cc(C(C)(C)CC(C)(C)C)cc7C(C)C)cc7c8c(cc(Oc9c(C(C)C)cc(C(C)(C)CC(C)(C)C)cc9C(C)C)c(c9ccc(c%10c(Oc%11c(C(C)C)cc(C(C)(C)CC(C)(C)C)cc%11C(C)C)cc(c2c3%10)C1=O)c4c59)c86)C(=O)N(c1c(C(C)C)cccc1C(C)C)C7=O. The molecule has 10 nitrogen and oxygen atoms in total. The lowest BCUT2D eigenvalue weighted by atomic mass is 9.71. The molecule has 0 unspecified atom stereocenters. The summed E-state index contributed by atoms with van der Waals surface area (Å²) in [5, 5.41) is 9.84. The Balaban J connectivity index is 1.19. The summed E-state index contributed by atoms with van der Waals surface area (Å²) in [6.07, 6.45) is 10.2. The molecule has 148 heavy (non-hydrogen) atoms. The molecule has 2 aliphatic rings. The summed E-state index contributed by atoms with van der Waals surface area (Å²) in [4.78, 5) is 72.9. The first-order valence-corrected chi connectivity index (χ1v) is 55.5. The van der Waals surface area contributed by atoms with E-state index in [1.54, 1.807) is 0 Å². The fourth-order valence-electron chi connectivity index (χ4n) is 26.3. The van der Waals surface area contributed by atoms with Crippen molar-refractivity contribution in [1.29, 1.82) is 0 Å². The van der Waals surface area contributed by atoms with Crippen molar-refractivity contribution in [3.8, 4) is 58.3 Å². The Kier molecular flexibility index (Phi) is 28.6. The maximum Gasteiger partial charge on any atom is 0.266 e. The van der Waals surface area contributed by atoms with E-state index >= 15 is 19.2 Å². The Morgan fingerprint density at radius 2 is 0.439 bits per heavy atom. The van der Waals surface area contributed by atoms with Crippen LogP contribution in [0.25, 0.3) is 75.4 Å². The van der Waals surface area contributed by atoms with E-state index < -0.39 is 23.6 Å². The number of fused-ring (bicyclic) bond motifs is 4. The molecule has 0 aromatic heterocycles. The first kappa shape index (κ1) is 109. The van der Waals surface area contributed by atoms with Gasteiger partial charge in [0, 0.05) is 49.5 Å². The van der Waals surface area contributed by atoms with Gasteiger partial charge in [0.15, 0.2) is 0 Å². The predicted octanol–water partition coefficient (Wildman–Crippen LogP) is 40.8. The van der Waals surface area contributed by atoms with Gasteiger partial charge in [-0.1, -0.05) is 400 Å². The van der Waals surface area contributed by atoms with Crippen LogP contribution in [0, 0.1) is 34.0 Å². The van der Waals surface area contributed by atoms with E-state index in [2.05, 4.69) is 388 Å². The Labute approximate surface area is 886 Å². The number of hydrogen-bond acceptors (Lipinski definition) is 8. The minimum Gasteiger partial charge on any atom is -0.456 e. The van der Waals surface area contributed by atoms with Crippen molar-refractivity contribution in [3.63, 3.8) is 0 Å². The van der Waals surface area contributed by atoms with Crippen molar-refractivity contribution in [2.24, 2.45) is 21.7 Å². The van der Waals surface area contributed by atoms with Gasteiger partial charge in [-0.3, -0.25) is 19.2 Å². The number of benzene rings is 14. The van der Waals surface area contributed by atoms with Crippen LogP contribution < -0.4 is 28.7 Å². The highest BCUT2D eigenvalue weighted by Gasteiger charge is 2.47. The van der Waals surface area contributed by atoms with Gasteiger partial charge in [0.25, 0.3) is 23.6 Å². The second-order valence-corrected chi connectivity index (χ2v) is 55.2. The lowest BCUT2D eigenvalue weighted by molar-refractivity contribution is 0.0877. The quantitative estimate of drug-likeness (QED) is 0.0189. The average Bonchev–Trinajstić information content (AvgIpc) is 0.665. The Morgan fingerprint density at radius 3 is 0.635 bits per heavy atom. The van der Waals surface area contributed by atoms with Gasteiger partial charge >= 0.3 is 0 Å². The zero-order chi connectivity index (χ0) is 109. The molecule has 0 saturated carbocycles. The zero-order valence-electron chi connectivity index (χ0n) is 97.8. The highest BCUT2D eigenvalue weighted by molar-refractivity contribution is 6.49. The molecular formula is C138H170N2O8. The number of hydrogen-bond donors (Lipinski definition) is 0. The fraction of sp³-hybridized carbons (Fsp3) is 0.478. The molecule has 780 valence electrons. The number of nitrogens with zero attached hydrogens (tertiary/aromatic N) is 2. The van der Waals surface area contributed by atoms with E-state index in [1.807, 2.05) is 42.5 Å². The molecule has 0 spiro atoms. The first-order chi connectivity index (χ1) is 68.6. The molecule has 0 bridgehead atoms. The summed E-state index contributed by atoms with van der Waals surface area (Å²) in [6, 6.07) is 48.1. The van der Waals surface area contributed by atoms with Crippen molar-refractivity contribution in [2.45, 2.75) is 410 Å². The normalized spacial score (nSPS) is 14.2. The maximum absolute atomic E-state index is 17.5. The summed E-state index contributed by atoms with van der Waals surface area (Å²) in [5.74, 6) is 4.75. The molecule has 0 radical (unpaired) electrons. The van der Waals surface area contributed by atoms with Crippen molar-refractivity contribution in [2.75, 3.05) is 9.80 Å². The van der Waals surface area contributed by atoms with Gasteiger partial charge in [-0.25, -0.2) is 9.80 Å². The molecule has 14 aromatic carbocycles. The lowest BCUT2D eigenvalue weighted by Crippen LogP contribution is -2.42. The van der Waals surface area contributed by atoms with Crippen LogP contribution in [0.3, 0.4) is 0 Å². The second kappa shape index (κ2) is 38.7. The van der Waals surface area contributed by atoms with E-state index in [-0.39, 0.29) is 115 Å². The first-order valence-electron chi connectivity index (χ1n) is 55.5. The second-order valence-electron chi connectivity index (χ2n) is 55.2. The third kappa shape index (κ3) is 19.6. The van der Waals surface area contributed by atoms with Crippen LogP contribution in [0.1, 0.15) is 512 Å². The van der Waals surface area contributed by atoms with Crippen molar-refractivity contribution >= 4 is 110 Å². The standard InChI is InChI=1S/C138H170N2O8/c1-44-47-83-48-45-49-88(72(2)3)121(83)139-127(141)103-64-107(145-123-95(75(8)9)56-84(57-96(123)76(10)11)135(36,37)68-131(24,25)26)115-91-52-54-93-112-94(55-53-92(111(91)112)116-108(65-104(128(139)142)113(103)119(115)116)146-124-97(77(12)13)58-85(59-98(124)78(14)15)136(38,39)69-132(27,28)29)118-110(148-126-101(81(20)21)62-87(63-102(126)82(22)23)138(42,43)71-134(33,34)35)67-106-114-105(129(143)140(130(106)144)122-89(73(4)5)50-46-51-90(122)74(6)7)66-109(117(93)120(114)118)147-125-99(79(16)17)60-86(61-100(125)80(18)19)137(40,41)70-133(30,31)32/h1,45-46,48-67,72-82H,47,68-71H2,2-43H3. The van der Waals surface area contributed by atoms with Gasteiger partial charge in [0.05, 0.1) is 33.6 Å². The highest BCUT2D eigenvalue weighted by atomic mass is 16.5. The summed E-state index contributed by atoms with van der Waals surface area (Å²) in [5.41, 5.74) is 17.6. The molecule has 4 amide bonds. The number of terminal acetylenes is 1. The van der Waals surface area contributed by atoms with E-state index in [9.17, 15) is 0 Å². The highest BCUT2D eigenvalue weighted by Crippen LogP contribution is 2.62. The van der Waals surface area contributed by atoms with Crippen molar-refractivity contribution < 1.29 is 38.1 Å². The van der Waals surface area contributed by atoms with Crippen molar-refractivity contribution in [1.82, 2.24) is 0 Å². The largest absolute Gasteiger partial charge is 0.456 e. The van der Waals surface area contributed by atoms with E-state index in [0.29, 0.717) is 128 Å². The lowest BCUT2D eigenvalue weighted by Gasteiger charge is -2.35. The van der Waals surface area contributed by atoms with Crippen LogP contribution in [0.4, 0.5) is 11.4 Å². The molecule has 0 saturated heterocycles. The van der Waals surface area contributed by atoms with Crippen molar-refractivity contribution in [3.05, 3.63) is 245 Å².